The molecule has 2 aromatic carbocycles. The van der Waals surface area contributed by atoms with Crippen LogP contribution in [-0.4, -0.2) is 23.3 Å². The number of amides is 2. The van der Waals surface area contributed by atoms with E-state index in [1.165, 1.54) is 11.6 Å². The van der Waals surface area contributed by atoms with Crippen LogP contribution in [0, 0.1) is 0 Å². The Bertz CT molecular complexity index is 846. The SMILES string of the molecule is C=CC(=O)NCc1ccc(C(=O)N2Cc3c(Cl)cccc3C(C)C2)cc1. The van der Waals surface area contributed by atoms with Crippen LogP contribution in [0.25, 0.3) is 0 Å². The average molecular weight is 369 g/mol. The smallest absolute Gasteiger partial charge is 0.254 e. The van der Waals surface area contributed by atoms with Gasteiger partial charge in [0.15, 0.2) is 0 Å². The van der Waals surface area contributed by atoms with Crippen molar-refractivity contribution >= 4 is 23.4 Å². The number of rotatable bonds is 4. The Hall–Kier alpha value is -2.59. The van der Waals surface area contributed by atoms with Gasteiger partial charge in [0, 0.05) is 30.2 Å². The van der Waals surface area contributed by atoms with Gasteiger partial charge >= 0.3 is 0 Å². The monoisotopic (exact) mass is 368 g/mol. The fourth-order valence-electron chi connectivity index (χ4n) is 3.25. The molecule has 0 saturated heterocycles. The maximum atomic E-state index is 12.9. The highest BCUT2D eigenvalue weighted by molar-refractivity contribution is 6.31. The molecule has 1 aliphatic rings. The lowest BCUT2D eigenvalue weighted by Gasteiger charge is -2.33. The van der Waals surface area contributed by atoms with Crippen LogP contribution in [0.3, 0.4) is 0 Å². The van der Waals surface area contributed by atoms with Crippen LogP contribution >= 0.6 is 11.6 Å². The van der Waals surface area contributed by atoms with Gasteiger partial charge in [0.2, 0.25) is 5.91 Å². The number of carbonyl (C=O) groups excluding carboxylic acids is 2. The van der Waals surface area contributed by atoms with Gasteiger partial charge in [0.05, 0.1) is 0 Å². The van der Waals surface area contributed by atoms with E-state index in [2.05, 4.69) is 24.9 Å². The second-order valence-electron chi connectivity index (χ2n) is 6.51. The lowest BCUT2D eigenvalue weighted by Crippen LogP contribution is -2.37. The molecule has 0 bridgehead atoms. The number of carbonyl (C=O) groups is 2. The molecule has 0 fully saturated rings. The Morgan fingerprint density at radius 2 is 2.00 bits per heavy atom. The molecule has 0 aromatic heterocycles. The maximum Gasteiger partial charge on any atom is 0.254 e. The molecule has 3 rings (SSSR count). The van der Waals surface area contributed by atoms with Crippen LogP contribution < -0.4 is 5.32 Å². The van der Waals surface area contributed by atoms with Crippen molar-refractivity contribution in [2.24, 2.45) is 0 Å². The second kappa shape index (κ2) is 7.75. The zero-order valence-corrected chi connectivity index (χ0v) is 15.4. The minimum atomic E-state index is -0.219. The van der Waals surface area contributed by atoms with Crippen LogP contribution in [0.5, 0.6) is 0 Å². The molecule has 1 aliphatic heterocycles. The van der Waals surface area contributed by atoms with Crippen molar-refractivity contribution < 1.29 is 9.59 Å². The number of halogens is 1. The number of hydrogen-bond donors (Lipinski definition) is 1. The average Bonchev–Trinajstić information content (AvgIpc) is 2.66. The van der Waals surface area contributed by atoms with Crippen molar-refractivity contribution in [3.63, 3.8) is 0 Å². The topological polar surface area (TPSA) is 49.4 Å². The van der Waals surface area contributed by atoms with Crippen LogP contribution in [0.1, 0.15) is 39.9 Å². The first-order valence-corrected chi connectivity index (χ1v) is 8.93. The quantitative estimate of drug-likeness (QED) is 0.832. The van der Waals surface area contributed by atoms with Crippen molar-refractivity contribution in [1.29, 1.82) is 0 Å². The first-order valence-electron chi connectivity index (χ1n) is 8.55. The number of nitrogens with zero attached hydrogens (tertiary/aromatic N) is 1. The predicted octanol–water partition coefficient (Wildman–Crippen LogP) is 3.90. The minimum absolute atomic E-state index is 0.0101. The third-order valence-electron chi connectivity index (χ3n) is 4.67. The Balaban J connectivity index is 1.73. The van der Waals surface area contributed by atoms with Crippen LogP contribution in [-0.2, 0) is 17.9 Å². The molecule has 134 valence electrons. The molecule has 0 aliphatic carbocycles. The van der Waals surface area contributed by atoms with E-state index in [0.717, 1.165) is 11.1 Å². The van der Waals surface area contributed by atoms with E-state index in [-0.39, 0.29) is 17.7 Å². The Kier molecular flexibility index (Phi) is 5.43. The minimum Gasteiger partial charge on any atom is -0.348 e. The van der Waals surface area contributed by atoms with Gasteiger partial charge in [-0.3, -0.25) is 9.59 Å². The molecule has 1 atom stereocenters. The second-order valence-corrected chi connectivity index (χ2v) is 6.92. The van der Waals surface area contributed by atoms with E-state index in [1.54, 1.807) is 12.1 Å². The van der Waals surface area contributed by atoms with Gasteiger partial charge in [-0.1, -0.05) is 49.4 Å². The maximum absolute atomic E-state index is 12.9. The van der Waals surface area contributed by atoms with Crippen LogP contribution in [0.15, 0.2) is 55.1 Å². The van der Waals surface area contributed by atoms with Crippen molar-refractivity contribution in [2.45, 2.75) is 25.9 Å². The third-order valence-corrected chi connectivity index (χ3v) is 5.02. The van der Waals surface area contributed by atoms with Gasteiger partial charge in [-0.15, -0.1) is 0 Å². The van der Waals surface area contributed by atoms with Crippen molar-refractivity contribution in [2.75, 3.05) is 6.54 Å². The summed E-state index contributed by atoms with van der Waals surface area (Å²) in [5.74, 6) is 0.0156. The summed E-state index contributed by atoms with van der Waals surface area (Å²) >= 11 is 6.34. The summed E-state index contributed by atoms with van der Waals surface area (Å²) in [6.45, 7) is 7.13. The van der Waals surface area contributed by atoms with Gasteiger partial charge in [0.1, 0.15) is 0 Å². The number of benzene rings is 2. The molecular formula is C21H21ClN2O2. The molecule has 0 saturated carbocycles. The van der Waals surface area contributed by atoms with E-state index in [4.69, 9.17) is 11.6 Å². The lowest BCUT2D eigenvalue weighted by molar-refractivity contribution is -0.116. The summed E-state index contributed by atoms with van der Waals surface area (Å²) in [4.78, 5) is 26.0. The van der Waals surface area contributed by atoms with Gasteiger partial charge in [-0.2, -0.15) is 0 Å². The van der Waals surface area contributed by atoms with E-state index >= 15 is 0 Å². The third kappa shape index (κ3) is 3.81. The predicted molar refractivity (Wildman–Crippen MR) is 103 cm³/mol. The Labute approximate surface area is 158 Å². The van der Waals surface area contributed by atoms with E-state index in [1.807, 2.05) is 29.2 Å². The highest BCUT2D eigenvalue weighted by atomic mass is 35.5. The summed E-state index contributed by atoms with van der Waals surface area (Å²) < 4.78 is 0. The molecule has 5 heteroatoms. The summed E-state index contributed by atoms with van der Waals surface area (Å²) in [6.07, 6.45) is 1.23. The highest BCUT2D eigenvalue weighted by Crippen LogP contribution is 2.33. The molecule has 0 spiro atoms. The lowest BCUT2D eigenvalue weighted by atomic mass is 9.90. The Morgan fingerprint density at radius 3 is 2.69 bits per heavy atom. The standard InChI is InChI=1S/C21H21ClN2O2/c1-3-20(25)23-11-15-7-9-16(10-8-15)21(26)24-12-14(2)17-5-4-6-19(22)18(17)13-24/h3-10,14H,1,11-13H2,2H3,(H,23,25). The van der Waals surface area contributed by atoms with Gasteiger partial charge in [-0.25, -0.2) is 0 Å². The van der Waals surface area contributed by atoms with Crippen molar-refractivity contribution in [3.8, 4) is 0 Å². The summed E-state index contributed by atoms with van der Waals surface area (Å²) in [5, 5.41) is 3.43. The summed E-state index contributed by atoms with van der Waals surface area (Å²) in [5.41, 5.74) is 3.81. The molecule has 1 N–H and O–H groups in total. The zero-order chi connectivity index (χ0) is 18.7. The van der Waals surface area contributed by atoms with Gasteiger partial charge < -0.3 is 10.2 Å². The normalized spacial score (nSPS) is 15.9. The number of nitrogens with one attached hydrogen (secondary N) is 1. The van der Waals surface area contributed by atoms with Gasteiger partial charge in [0.25, 0.3) is 5.91 Å². The van der Waals surface area contributed by atoms with E-state index in [0.29, 0.717) is 30.2 Å². The van der Waals surface area contributed by atoms with Gasteiger partial charge in [-0.05, 0) is 46.9 Å². The molecule has 2 amide bonds. The van der Waals surface area contributed by atoms with Crippen molar-refractivity contribution in [3.05, 3.63) is 82.4 Å². The summed E-state index contributed by atoms with van der Waals surface area (Å²) in [6, 6.07) is 13.2. The van der Waals surface area contributed by atoms with E-state index in [9.17, 15) is 9.59 Å². The van der Waals surface area contributed by atoms with Crippen molar-refractivity contribution in [1.82, 2.24) is 10.2 Å². The van der Waals surface area contributed by atoms with E-state index < -0.39 is 0 Å². The number of fused-ring (bicyclic) bond motifs is 1. The zero-order valence-electron chi connectivity index (χ0n) is 14.7. The molecule has 1 unspecified atom stereocenters. The van der Waals surface area contributed by atoms with Crippen LogP contribution in [0.2, 0.25) is 5.02 Å². The summed E-state index contributed by atoms with van der Waals surface area (Å²) in [7, 11) is 0. The fourth-order valence-corrected chi connectivity index (χ4v) is 3.49. The highest BCUT2D eigenvalue weighted by Gasteiger charge is 2.27. The first kappa shape index (κ1) is 18.2. The largest absolute Gasteiger partial charge is 0.348 e. The number of hydrogen-bond acceptors (Lipinski definition) is 2. The molecule has 2 aromatic rings. The molecule has 1 heterocycles. The fraction of sp³-hybridized carbons (Fsp3) is 0.238. The molecule has 4 nitrogen and oxygen atoms in total. The Morgan fingerprint density at radius 1 is 1.27 bits per heavy atom. The molecular weight excluding hydrogens is 348 g/mol. The first-order chi connectivity index (χ1) is 12.5. The van der Waals surface area contributed by atoms with Crippen LogP contribution in [0.4, 0.5) is 0 Å². The molecule has 0 radical (unpaired) electrons. The molecule has 26 heavy (non-hydrogen) atoms.